The Morgan fingerprint density at radius 3 is 2.48 bits per heavy atom. The Hall–Kier alpha value is -2.26. The van der Waals surface area contributed by atoms with Gasteiger partial charge in [0.15, 0.2) is 12.1 Å². The average Bonchev–Trinajstić information content (AvgIpc) is 3.38. The van der Waals surface area contributed by atoms with Crippen molar-refractivity contribution in [1.29, 1.82) is 0 Å². The van der Waals surface area contributed by atoms with Gasteiger partial charge in [0.2, 0.25) is 5.79 Å². The van der Waals surface area contributed by atoms with Crippen molar-refractivity contribution < 1.29 is 33.2 Å². The van der Waals surface area contributed by atoms with Gasteiger partial charge in [-0.05, 0) is 43.2 Å². The second kappa shape index (κ2) is 9.18. The van der Waals surface area contributed by atoms with E-state index < -0.39 is 24.0 Å². The number of ether oxygens (including phenoxy) is 7. The van der Waals surface area contributed by atoms with Crippen LogP contribution in [0.3, 0.4) is 0 Å². The Labute approximate surface area is 194 Å². The van der Waals surface area contributed by atoms with Crippen LogP contribution < -0.4 is 4.74 Å². The smallest absolute Gasteiger partial charge is 0.224 e. The molecule has 3 aliphatic heterocycles. The molecular formula is C26H30O7. The molecule has 0 bridgehead atoms. The number of methoxy groups -OCH3 is 1. The van der Waals surface area contributed by atoms with E-state index >= 15 is 0 Å². The fourth-order valence-electron chi connectivity index (χ4n) is 4.42. The van der Waals surface area contributed by atoms with E-state index in [1.54, 1.807) is 7.11 Å². The van der Waals surface area contributed by atoms with Crippen molar-refractivity contribution in [2.24, 2.45) is 0 Å². The summed E-state index contributed by atoms with van der Waals surface area (Å²) in [6.07, 6.45) is 2.24. The summed E-state index contributed by atoms with van der Waals surface area (Å²) in [5, 5.41) is 0. The molecule has 0 amide bonds. The highest BCUT2D eigenvalue weighted by atomic mass is 16.9. The molecule has 5 atom stereocenters. The molecule has 0 unspecified atom stereocenters. The summed E-state index contributed by atoms with van der Waals surface area (Å²) in [5.74, 6) is -1.04. The van der Waals surface area contributed by atoms with Gasteiger partial charge in [0.1, 0.15) is 30.7 Å². The van der Waals surface area contributed by atoms with Crippen LogP contribution in [-0.4, -0.2) is 56.5 Å². The average molecular weight is 455 g/mol. The second-order valence-electron chi connectivity index (χ2n) is 8.91. The summed E-state index contributed by atoms with van der Waals surface area (Å²) in [6, 6.07) is 17.8. The molecule has 0 aliphatic carbocycles. The van der Waals surface area contributed by atoms with E-state index in [9.17, 15) is 0 Å². The van der Waals surface area contributed by atoms with Crippen molar-refractivity contribution in [1.82, 2.24) is 0 Å². The lowest BCUT2D eigenvalue weighted by atomic mass is 9.97. The zero-order chi connectivity index (χ0) is 22.9. The topological polar surface area (TPSA) is 64.6 Å². The van der Waals surface area contributed by atoms with Gasteiger partial charge in [-0.3, -0.25) is 0 Å². The van der Waals surface area contributed by atoms with Crippen molar-refractivity contribution in [2.45, 2.75) is 56.6 Å². The number of benzene rings is 2. The first-order chi connectivity index (χ1) is 16.0. The van der Waals surface area contributed by atoms with Gasteiger partial charge in [-0.1, -0.05) is 48.5 Å². The van der Waals surface area contributed by atoms with Crippen LogP contribution >= 0.6 is 0 Å². The van der Waals surface area contributed by atoms with Crippen LogP contribution in [0.25, 0.3) is 6.08 Å². The Bertz CT molecular complexity index is 958. The minimum atomic E-state index is -1.06. The van der Waals surface area contributed by atoms with E-state index in [-0.39, 0.29) is 18.8 Å². The third kappa shape index (κ3) is 4.84. The molecule has 0 radical (unpaired) electrons. The van der Waals surface area contributed by atoms with Crippen LogP contribution in [0.5, 0.6) is 5.75 Å². The molecule has 0 N–H and O–H groups in total. The fourth-order valence-corrected chi connectivity index (χ4v) is 4.42. The fraction of sp³-hybridized carbons (Fsp3) is 0.462. The lowest BCUT2D eigenvalue weighted by Crippen LogP contribution is -2.62. The summed E-state index contributed by atoms with van der Waals surface area (Å²) >= 11 is 0. The molecule has 0 aromatic heterocycles. The lowest BCUT2D eigenvalue weighted by Gasteiger charge is -2.43. The molecule has 2 aromatic carbocycles. The first-order valence-electron chi connectivity index (χ1n) is 11.2. The third-order valence-corrected chi connectivity index (χ3v) is 6.06. The van der Waals surface area contributed by atoms with Crippen LogP contribution in [0, 0.1) is 0 Å². The Balaban J connectivity index is 1.33. The quantitative estimate of drug-likeness (QED) is 0.656. The second-order valence-corrected chi connectivity index (χ2v) is 8.91. The molecular weight excluding hydrogens is 424 g/mol. The van der Waals surface area contributed by atoms with E-state index in [0.717, 1.165) is 16.9 Å². The molecule has 3 fully saturated rings. The largest absolute Gasteiger partial charge is 0.497 e. The monoisotopic (exact) mass is 454 g/mol. The summed E-state index contributed by atoms with van der Waals surface area (Å²) in [4.78, 5) is 0. The van der Waals surface area contributed by atoms with Crippen molar-refractivity contribution in [3.8, 4) is 5.75 Å². The predicted molar refractivity (Wildman–Crippen MR) is 120 cm³/mol. The molecule has 2 aromatic rings. The molecule has 3 heterocycles. The highest BCUT2D eigenvalue weighted by molar-refractivity contribution is 5.49. The van der Waals surface area contributed by atoms with Gasteiger partial charge in [-0.2, -0.15) is 0 Å². The van der Waals surface area contributed by atoms with Crippen molar-refractivity contribution in [2.75, 3.05) is 20.3 Å². The molecule has 7 nitrogen and oxygen atoms in total. The van der Waals surface area contributed by atoms with Crippen molar-refractivity contribution in [3.63, 3.8) is 0 Å². The van der Waals surface area contributed by atoms with E-state index in [2.05, 4.69) is 0 Å². The molecule has 3 aliphatic rings. The zero-order valence-electron chi connectivity index (χ0n) is 19.1. The summed E-state index contributed by atoms with van der Waals surface area (Å²) < 4.78 is 42.4. The number of hydrogen-bond donors (Lipinski definition) is 0. The van der Waals surface area contributed by atoms with Gasteiger partial charge >= 0.3 is 0 Å². The predicted octanol–water partition coefficient (Wildman–Crippen LogP) is 3.91. The normalized spacial score (nSPS) is 32.9. The van der Waals surface area contributed by atoms with Gasteiger partial charge in [0.25, 0.3) is 0 Å². The maximum absolute atomic E-state index is 6.40. The van der Waals surface area contributed by atoms with Gasteiger partial charge in [-0.25, -0.2) is 0 Å². The molecule has 3 saturated heterocycles. The Morgan fingerprint density at radius 1 is 1.00 bits per heavy atom. The summed E-state index contributed by atoms with van der Waals surface area (Å²) in [7, 11) is 1.65. The van der Waals surface area contributed by atoms with Crippen LogP contribution in [0.15, 0.2) is 60.7 Å². The van der Waals surface area contributed by atoms with E-state index in [0.29, 0.717) is 13.2 Å². The van der Waals surface area contributed by atoms with E-state index in [4.69, 9.17) is 33.2 Å². The van der Waals surface area contributed by atoms with Gasteiger partial charge in [-0.15, -0.1) is 0 Å². The van der Waals surface area contributed by atoms with Gasteiger partial charge in [0, 0.05) is 0 Å². The lowest BCUT2D eigenvalue weighted by molar-refractivity contribution is -0.335. The third-order valence-electron chi connectivity index (χ3n) is 6.06. The van der Waals surface area contributed by atoms with Gasteiger partial charge in [0.05, 0.1) is 20.3 Å². The van der Waals surface area contributed by atoms with E-state index in [1.807, 2.05) is 80.6 Å². The van der Waals surface area contributed by atoms with Crippen molar-refractivity contribution in [3.05, 3.63) is 71.8 Å². The zero-order valence-corrected chi connectivity index (χ0v) is 19.1. The number of rotatable bonds is 6. The van der Waals surface area contributed by atoms with Crippen LogP contribution in [-0.2, 0) is 35.0 Å². The molecule has 1 spiro atoms. The highest BCUT2D eigenvalue weighted by Gasteiger charge is 2.62. The molecule has 33 heavy (non-hydrogen) atoms. The van der Waals surface area contributed by atoms with Crippen LogP contribution in [0.1, 0.15) is 25.0 Å². The summed E-state index contributed by atoms with van der Waals surface area (Å²) in [6.45, 7) is 4.69. The molecule has 5 rings (SSSR count). The minimum Gasteiger partial charge on any atom is -0.497 e. The number of hydrogen-bond acceptors (Lipinski definition) is 7. The maximum atomic E-state index is 6.40. The first-order valence-corrected chi connectivity index (χ1v) is 11.2. The molecule has 176 valence electrons. The number of fused-ring (bicyclic) bond motifs is 1. The SMILES string of the molecule is COc1ccc(CO[C@H]2[C@@H]3O[C@H](/C=C/c4ccccc4)O[C@@H]3CO[C@]23COC(C)(C)O3)cc1. The van der Waals surface area contributed by atoms with E-state index in [1.165, 1.54) is 0 Å². The molecule has 0 saturated carbocycles. The Morgan fingerprint density at radius 2 is 1.79 bits per heavy atom. The van der Waals surface area contributed by atoms with Crippen molar-refractivity contribution >= 4 is 6.08 Å². The minimum absolute atomic E-state index is 0.254. The Kier molecular flexibility index (Phi) is 6.26. The highest BCUT2D eigenvalue weighted by Crippen LogP contribution is 2.43. The summed E-state index contributed by atoms with van der Waals surface area (Å²) in [5.41, 5.74) is 2.08. The van der Waals surface area contributed by atoms with Gasteiger partial charge < -0.3 is 33.2 Å². The molecule has 7 heteroatoms. The first kappa shape index (κ1) is 22.5. The maximum Gasteiger partial charge on any atom is 0.224 e. The standard InChI is InChI=1S/C26H30O7/c1-25(2)30-17-26(33-25)24(28-15-19-9-12-20(27-3)13-10-19)23-21(16-29-26)31-22(32-23)14-11-18-7-5-4-6-8-18/h4-14,21-24H,15-17H2,1-3H3/b14-11+/t21-,22-,23-,24+,26+/m1/s1. The van der Waals surface area contributed by atoms with Crippen LogP contribution in [0.2, 0.25) is 0 Å². The van der Waals surface area contributed by atoms with Crippen LogP contribution in [0.4, 0.5) is 0 Å².